The van der Waals surface area contributed by atoms with Crippen molar-refractivity contribution in [3.63, 3.8) is 0 Å². The van der Waals surface area contributed by atoms with Gasteiger partial charge in [0, 0.05) is 23.6 Å². The molecule has 1 aromatic carbocycles. The molecular weight excluding hydrogens is 240 g/mol. The van der Waals surface area contributed by atoms with E-state index in [0.29, 0.717) is 17.5 Å². The van der Waals surface area contributed by atoms with Crippen LogP contribution in [-0.4, -0.2) is 24.7 Å². The Hall–Kier alpha value is -2.76. The first-order valence-electron chi connectivity index (χ1n) is 5.79. The van der Waals surface area contributed by atoms with Gasteiger partial charge in [0.2, 0.25) is 0 Å². The Balaban J connectivity index is 1.97. The summed E-state index contributed by atoms with van der Waals surface area (Å²) in [5.74, 6) is 1.09. The number of aromatic nitrogens is 5. The fraction of sp³-hybridized carbons (Fsp3) is 0.0769. The summed E-state index contributed by atoms with van der Waals surface area (Å²) >= 11 is 0. The Bertz CT molecular complexity index is 701. The van der Waals surface area contributed by atoms with Crippen molar-refractivity contribution in [3.05, 3.63) is 48.5 Å². The van der Waals surface area contributed by atoms with Crippen molar-refractivity contribution < 1.29 is 0 Å². The number of benzene rings is 1. The molecule has 6 nitrogen and oxygen atoms in total. The summed E-state index contributed by atoms with van der Waals surface area (Å²) in [5, 5.41) is 4.35. The summed E-state index contributed by atoms with van der Waals surface area (Å²) in [6.07, 6.45) is 5.07. The van der Waals surface area contributed by atoms with Crippen LogP contribution in [0.2, 0.25) is 0 Å². The van der Waals surface area contributed by atoms with Gasteiger partial charge in [-0.15, -0.1) is 5.10 Å². The summed E-state index contributed by atoms with van der Waals surface area (Å²) < 4.78 is 1.54. The van der Waals surface area contributed by atoms with Crippen LogP contribution in [0.1, 0.15) is 5.56 Å². The van der Waals surface area contributed by atoms with Gasteiger partial charge in [-0.25, -0.2) is 15.0 Å². The molecule has 19 heavy (non-hydrogen) atoms. The van der Waals surface area contributed by atoms with Crippen molar-refractivity contribution in [2.75, 3.05) is 5.73 Å². The summed E-state index contributed by atoms with van der Waals surface area (Å²) in [6, 6.07) is 7.43. The van der Waals surface area contributed by atoms with Crippen molar-refractivity contribution in [2.24, 2.45) is 0 Å². The first-order chi connectivity index (χ1) is 9.22. The summed E-state index contributed by atoms with van der Waals surface area (Å²) in [5.41, 5.74) is 8.29. The molecule has 0 bridgehead atoms. The van der Waals surface area contributed by atoms with Crippen LogP contribution in [0.25, 0.3) is 17.3 Å². The van der Waals surface area contributed by atoms with Gasteiger partial charge in [-0.2, -0.15) is 4.68 Å². The highest BCUT2D eigenvalue weighted by atomic mass is 15.4. The predicted molar refractivity (Wildman–Crippen MR) is 71.5 cm³/mol. The van der Waals surface area contributed by atoms with Crippen LogP contribution in [0.5, 0.6) is 0 Å². The molecule has 2 aromatic heterocycles. The normalized spacial score (nSPS) is 10.6. The Labute approximate surface area is 110 Å². The molecule has 0 aliphatic carbocycles. The number of aryl methyl sites for hydroxylation is 1. The van der Waals surface area contributed by atoms with Crippen LogP contribution in [0.4, 0.5) is 5.69 Å². The zero-order valence-corrected chi connectivity index (χ0v) is 10.4. The summed E-state index contributed by atoms with van der Waals surface area (Å²) in [7, 11) is 0. The molecule has 2 heterocycles. The minimum absolute atomic E-state index is 0.494. The van der Waals surface area contributed by atoms with Gasteiger partial charge in [-0.05, 0) is 24.6 Å². The van der Waals surface area contributed by atoms with Gasteiger partial charge in [-0.1, -0.05) is 12.1 Å². The zero-order chi connectivity index (χ0) is 13.2. The molecule has 94 valence electrons. The van der Waals surface area contributed by atoms with E-state index in [9.17, 15) is 0 Å². The molecule has 0 aliphatic heterocycles. The van der Waals surface area contributed by atoms with Crippen molar-refractivity contribution in [1.29, 1.82) is 0 Å². The maximum absolute atomic E-state index is 5.74. The number of nitrogens with zero attached hydrogens (tertiary/aromatic N) is 5. The van der Waals surface area contributed by atoms with Crippen molar-refractivity contribution in [1.82, 2.24) is 24.7 Å². The molecule has 0 saturated heterocycles. The van der Waals surface area contributed by atoms with Gasteiger partial charge >= 0.3 is 0 Å². The van der Waals surface area contributed by atoms with Gasteiger partial charge in [0.05, 0.1) is 0 Å². The van der Waals surface area contributed by atoms with Crippen LogP contribution in [0, 0.1) is 6.92 Å². The number of nitrogens with two attached hydrogens (primary N) is 1. The first-order valence-corrected chi connectivity index (χ1v) is 5.79. The van der Waals surface area contributed by atoms with E-state index in [1.54, 1.807) is 18.7 Å². The van der Waals surface area contributed by atoms with E-state index in [-0.39, 0.29) is 0 Å². The monoisotopic (exact) mass is 252 g/mol. The van der Waals surface area contributed by atoms with E-state index >= 15 is 0 Å². The van der Waals surface area contributed by atoms with E-state index in [1.807, 2.05) is 31.2 Å². The van der Waals surface area contributed by atoms with Crippen LogP contribution in [0.3, 0.4) is 0 Å². The summed E-state index contributed by atoms with van der Waals surface area (Å²) in [4.78, 5) is 12.6. The van der Waals surface area contributed by atoms with Crippen molar-refractivity contribution in [2.45, 2.75) is 6.92 Å². The van der Waals surface area contributed by atoms with E-state index in [0.717, 1.165) is 11.1 Å². The largest absolute Gasteiger partial charge is 0.399 e. The molecule has 0 unspecified atom stereocenters. The highest BCUT2D eigenvalue weighted by Gasteiger charge is 2.07. The minimum atomic E-state index is 0.494. The number of hydrogen-bond donors (Lipinski definition) is 1. The lowest BCUT2D eigenvalue weighted by Crippen LogP contribution is -2.01. The maximum atomic E-state index is 5.74. The molecule has 3 rings (SSSR count). The Morgan fingerprint density at radius 2 is 1.89 bits per heavy atom. The van der Waals surface area contributed by atoms with Gasteiger partial charge < -0.3 is 5.73 Å². The van der Waals surface area contributed by atoms with E-state index < -0.39 is 0 Å². The third-order valence-corrected chi connectivity index (χ3v) is 2.61. The van der Waals surface area contributed by atoms with Crippen LogP contribution < -0.4 is 5.73 Å². The molecule has 6 heteroatoms. The second-order valence-corrected chi connectivity index (χ2v) is 4.20. The van der Waals surface area contributed by atoms with E-state index in [4.69, 9.17) is 5.73 Å². The molecule has 0 aliphatic rings. The van der Waals surface area contributed by atoms with Crippen LogP contribution >= 0.6 is 0 Å². The fourth-order valence-corrected chi connectivity index (χ4v) is 1.67. The van der Waals surface area contributed by atoms with Gasteiger partial charge in [-0.3, -0.25) is 0 Å². The molecule has 0 atom stereocenters. The average molecular weight is 252 g/mol. The smallest absolute Gasteiger partial charge is 0.251 e. The second kappa shape index (κ2) is 4.49. The molecule has 0 radical (unpaired) electrons. The zero-order valence-electron chi connectivity index (χ0n) is 10.4. The fourth-order valence-electron chi connectivity index (χ4n) is 1.67. The number of hydrogen-bond acceptors (Lipinski definition) is 5. The predicted octanol–water partition coefficient (Wildman–Crippen LogP) is 1.61. The molecule has 0 fully saturated rings. The molecule has 2 N–H and O–H groups in total. The maximum Gasteiger partial charge on any atom is 0.251 e. The quantitative estimate of drug-likeness (QED) is 0.701. The number of rotatable bonds is 2. The first kappa shape index (κ1) is 11.3. The Morgan fingerprint density at radius 3 is 2.63 bits per heavy atom. The highest BCUT2D eigenvalue weighted by molar-refractivity contribution is 5.60. The molecule has 0 amide bonds. The third-order valence-electron chi connectivity index (χ3n) is 2.61. The van der Waals surface area contributed by atoms with Crippen molar-refractivity contribution in [3.8, 4) is 17.3 Å². The number of anilines is 1. The summed E-state index contributed by atoms with van der Waals surface area (Å²) in [6.45, 7) is 1.93. The molecular formula is C13H12N6. The average Bonchev–Trinajstić information content (AvgIpc) is 2.89. The molecule has 0 spiro atoms. The Morgan fingerprint density at radius 1 is 1.11 bits per heavy atom. The lowest BCUT2D eigenvalue weighted by Gasteiger charge is -1.98. The molecule has 0 saturated carbocycles. The number of nitrogen functional groups attached to an aromatic ring is 1. The lowest BCUT2D eigenvalue weighted by molar-refractivity contribution is 0.806. The minimum Gasteiger partial charge on any atom is -0.399 e. The van der Waals surface area contributed by atoms with Crippen molar-refractivity contribution >= 4 is 5.69 Å². The second-order valence-electron chi connectivity index (χ2n) is 4.20. The van der Waals surface area contributed by atoms with Crippen LogP contribution in [-0.2, 0) is 0 Å². The topological polar surface area (TPSA) is 82.5 Å². The van der Waals surface area contributed by atoms with E-state index in [2.05, 4.69) is 20.1 Å². The third kappa shape index (κ3) is 2.28. The van der Waals surface area contributed by atoms with Crippen LogP contribution in [0.15, 0.2) is 43.0 Å². The standard InChI is InChI=1S/C13H12N6/c1-9-6-15-13(16-7-9)19-8-17-12(18-19)10-3-2-4-11(14)5-10/h2-8H,14H2,1H3. The molecule has 3 aromatic rings. The highest BCUT2D eigenvalue weighted by Crippen LogP contribution is 2.17. The Kier molecular flexibility index (Phi) is 2.68. The van der Waals surface area contributed by atoms with E-state index in [1.165, 1.54) is 4.68 Å². The van der Waals surface area contributed by atoms with Gasteiger partial charge in [0.1, 0.15) is 6.33 Å². The van der Waals surface area contributed by atoms with Gasteiger partial charge in [0.15, 0.2) is 5.82 Å². The van der Waals surface area contributed by atoms with Gasteiger partial charge in [0.25, 0.3) is 5.95 Å². The SMILES string of the molecule is Cc1cnc(-n2cnc(-c3cccc(N)c3)n2)nc1. The lowest BCUT2D eigenvalue weighted by atomic mass is 10.2.